The van der Waals surface area contributed by atoms with Gasteiger partial charge in [-0.3, -0.25) is 10.1 Å². The minimum absolute atomic E-state index is 0.149. The van der Waals surface area contributed by atoms with E-state index in [2.05, 4.69) is 33.5 Å². The average Bonchev–Trinajstić information content (AvgIpc) is 3.16. The monoisotopic (exact) mass is 309 g/mol. The van der Waals surface area contributed by atoms with E-state index in [0.717, 1.165) is 19.4 Å². The Kier molecular flexibility index (Phi) is 5.36. The molecule has 2 rings (SSSR count). The van der Waals surface area contributed by atoms with Gasteiger partial charge in [0.1, 0.15) is 0 Å². The molecule has 0 bridgehead atoms. The van der Waals surface area contributed by atoms with Gasteiger partial charge in [0.05, 0.1) is 6.04 Å². The number of nitrogens with one attached hydrogen (secondary N) is 3. The van der Waals surface area contributed by atoms with E-state index >= 15 is 0 Å². The van der Waals surface area contributed by atoms with Crippen LogP contribution in [0.5, 0.6) is 0 Å². The maximum atomic E-state index is 11.9. The third-order valence-corrected chi connectivity index (χ3v) is 5.32. The first-order valence-electron chi connectivity index (χ1n) is 7.37. The number of carbonyl (C=O) groups is 2. The Morgan fingerprint density at radius 3 is 2.67 bits per heavy atom. The molecule has 5 nitrogen and oxygen atoms in total. The summed E-state index contributed by atoms with van der Waals surface area (Å²) in [6, 6.07) is 3.41. The van der Waals surface area contributed by atoms with Crippen molar-refractivity contribution in [1.82, 2.24) is 16.0 Å². The molecule has 1 atom stereocenters. The molecule has 3 N–H and O–H groups in total. The molecule has 1 aliphatic rings. The lowest BCUT2D eigenvalue weighted by Crippen LogP contribution is -2.50. The normalized spacial score (nSPS) is 18.2. The summed E-state index contributed by atoms with van der Waals surface area (Å²) in [7, 11) is 1.49. The highest BCUT2D eigenvalue weighted by molar-refractivity contribution is 7.10. The molecule has 1 fully saturated rings. The summed E-state index contributed by atoms with van der Waals surface area (Å²) >= 11 is 1.79. The minimum atomic E-state index is -0.470. The van der Waals surface area contributed by atoms with Crippen LogP contribution >= 0.6 is 11.3 Å². The fraction of sp³-hybridized carbons (Fsp3) is 0.600. The highest BCUT2D eigenvalue weighted by Crippen LogP contribution is 2.42. The van der Waals surface area contributed by atoms with Crippen molar-refractivity contribution in [1.29, 1.82) is 0 Å². The van der Waals surface area contributed by atoms with E-state index in [1.807, 2.05) is 0 Å². The molecule has 116 valence electrons. The van der Waals surface area contributed by atoms with E-state index in [0.29, 0.717) is 0 Å². The largest absolute Gasteiger partial charge is 0.341 e. The number of hydrogen-bond acceptors (Lipinski definition) is 4. The summed E-state index contributed by atoms with van der Waals surface area (Å²) in [6.07, 6.45) is 4.78. The van der Waals surface area contributed by atoms with Crippen molar-refractivity contribution in [2.24, 2.45) is 0 Å². The third-order valence-electron chi connectivity index (χ3n) is 4.21. The van der Waals surface area contributed by atoms with E-state index in [1.54, 1.807) is 18.3 Å². The Morgan fingerprint density at radius 2 is 2.10 bits per heavy atom. The lowest BCUT2D eigenvalue weighted by molar-refractivity contribution is -0.121. The molecule has 1 unspecified atom stereocenters. The number of imide groups is 1. The van der Waals surface area contributed by atoms with Gasteiger partial charge in [0.2, 0.25) is 5.91 Å². The van der Waals surface area contributed by atoms with E-state index < -0.39 is 6.03 Å². The van der Waals surface area contributed by atoms with Crippen molar-refractivity contribution >= 4 is 23.3 Å². The maximum absolute atomic E-state index is 11.9. The second-order valence-electron chi connectivity index (χ2n) is 5.64. The van der Waals surface area contributed by atoms with Gasteiger partial charge >= 0.3 is 6.03 Å². The minimum Gasteiger partial charge on any atom is -0.341 e. The molecule has 1 saturated carbocycles. The van der Waals surface area contributed by atoms with Crippen LogP contribution in [-0.4, -0.2) is 31.6 Å². The van der Waals surface area contributed by atoms with Crippen molar-refractivity contribution in [3.05, 3.63) is 22.4 Å². The second kappa shape index (κ2) is 7.04. The van der Waals surface area contributed by atoms with Crippen molar-refractivity contribution in [2.75, 3.05) is 13.6 Å². The first kappa shape index (κ1) is 16.0. The smallest absolute Gasteiger partial charge is 0.321 e. The van der Waals surface area contributed by atoms with Crippen LogP contribution < -0.4 is 16.0 Å². The molecule has 0 radical (unpaired) electrons. The van der Waals surface area contributed by atoms with Crippen molar-refractivity contribution in [3.63, 3.8) is 0 Å². The van der Waals surface area contributed by atoms with Gasteiger partial charge in [-0.05, 0) is 31.2 Å². The van der Waals surface area contributed by atoms with Gasteiger partial charge in [-0.25, -0.2) is 4.79 Å². The number of thiophene rings is 1. The van der Waals surface area contributed by atoms with Gasteiger partial charge in [-0.15, -0.1) is 11.3 Å². The van der Waals surface area contributed by atoms with Crippen LogP contribution in [0, 0.1) is 0 Å². The molecule has 1 aromatic rings. The Bertz CT molecular complexity index is 481. The van der Waals surface area contributed by atoms with Crippen molar-refractivity contribution in [3.8, 4) is 0 Å². The highest BCUT2D eigenvalue weighted by Gasteiger charge is 2.36. The summed E-state index contributed by atoms with van der Waals surface area (Å²) in [5.41, 5.74) is 0.149. The molecule has 0 spiro atoms. The zero-order valence-corrected chi connectivity index (χ0v) is 13.4. The van der Waals surface area contributed by atoms with E-state index in [9.17, 15) is 9.59 Å². The average molecular weight is 309 g/mol. The first-order chi connectivity index (χ1) is 10.1. The number of rotatable bonds is 5. The van der Waals surface area contributed by atoms with Crippen LogP contribution in [0.25, 0.3) is 0 Å². The zero-order valence-electron chi connectivity index (χ0n) is 12.6. The molecule has 0 aromatic carbocycles. The van der Waals surface area contributed by atoms with Gasteiger partial charge in [-0.2, -0.15) is 0 Å². The fourth-order valence-electron chi connectivity index (χ4n) is 2.87. The highest BCUT2D eigenvalue weighted by atomic mass is 32.1. The van der Waals surface area contributed by atoms with Gasteiger partial charge in [0.15, 0.2) is 0 Å². The lowest BCUT2D eigenvalue weighted by atomic mass is 9.84. The Hall–Kier alpha value is -1.40. The number of carbonyl (C=O) groups excluding carboxylic acids is 2. The van der Waals surface area contributed by atoms with E-state index in [4.69, 9.17) is 0 Å². The van der Waals surface area contributed by atoms with Crippen LogP contribution in [0.2, 0.25) is 0 Å². The van der Waals surface area contributed by atoms with Gasteiger partial charge in [0.25, 0.3) is 0 Å². The molecule has 6 heteroatoms. The van der Waals surface area contributed by atoms with Gasteiger partial charge in [0, 0.05) is 23.9 Å². The SMILES string of the molecule is CNC(=O)NC(=O)C(C)NCC1(c2cccs2)CCCC1. The number of urea groups is 1. The molecule has 21 heavy (non-hydrogen) atoms. The van der Waals surface area contributed by atoms with Crippen LogP contribution in [0.3, 0.4) is 0 Å². The standard InChI is InChI=1S/C15H23N3O2S/c1-11(13(19)18-14(20)16-2)17-10-15(7-3-4-8-15)12-6-5-9-21-12/h5-6,9,11,17H,3-4,7-8,10H2,1-2H3,(H2,16,18,19,20). The quantitative estimate of drug-likeness (QED) is 0.779. The lowest BCUT2D eigenvalue weighted by Gasteiger charge is -2.29. The third kappa shape index (κ3) is 3.83. The second-order valence-corrected chi connectivity index (χ2v) is 6.58. The number of amides is 3. The Morgan fingerprint density at radius 1 is 1.38 bits per heavy atom. The number of hydrogen-bond donors (Lipinski definition) is 3. The molecular weight excluding hydrogens is 286 g/mol. The van der Waals surface area contributed by atoms with Crippen molar-refractivity contribution in [2.45, 2.75) is 44.1 Å². The molecule has 1 aromatic heterocycles. The molecule has 0 saturated heterocycles. The summed E-state index contributed by atoms with van der Waals surface area (Å²) in [6.45, 7) is 2.56. The summed E-state index contributed by atoms with van der Waals surface area (Å²) < 4.78 is 0. The maximum Gasteiger partial charge on any atom is 0.321 e. The molecule has 3 amide bonds. The molecule has 1 heterocycles. The zero-order chi connectivity index (χ0) is 15.3. The van der Waals surface area contributed by atoms with Gasteiger partial charge < -0.3 is 10.6 Å². The Balaban J connectivity index is 1.94. The van der Waals surface area contributed by atoms with Crippen LogP contribution in [-0.2, 0) is 10.2 Å². The Labute approximate surface area is 129 Å². The van der Waals surface area contributed by atoms with Crippen LogP contribution in [0.1, 0.15) is 37.5 Å². The van der Waals surface area contributed by atoms with E-state index in [1.165, 1.54) is 24.8 Å². The van der Waals surface area contributed by atoms with Crippen LogP contribution in [0.15, 0.2) is 17.5 Å². The predicted molar refractivity (Wildman–Crippen MR) is 84.5 cm³/mol. The molecule has 0 aliphatic heterocycles. The predicted octanol–water partition coefficient (Wildman–Crippen LogP) is 1.99. The fourth-order valence-corrected chi connectivity index (χ4v) is 3.85. The topological polar surface area (TPSA) is 70.2 Å². The molecule has 1 aliphatic carbocycles. The van der Waals surface area contributed by atoms with Crippen molar-refractivity contribution < 1.29 is 9.59 Å². The van der Waals surface area contributed by atoms with Crippen LogP contribution in [0.4, 0.5) is 4.79 Å². The summed E-state index contributed by atoms with van der Waals surface area (Å²) in [4.78, 5) is 24.4. The first-order valence-corrected chi connectivity index (χ1v) is 8.25. The molecular formula is C15H23N3O2S. The van der Waals surface area contributed by atoms with Gasteiger partial charge in [-0.1, -0.05) is 18.9 Å². The van der Waals surface area contributed by atoms with E-state index in [-0.39, 0.29) is 17.4 Å². The summed E-state index contributed by atoms with van der Waals surface area (Å²) in [5.74, 6) is -0.298. The summed E-state index contributed by atoms with van der Waals surface area (Å²) in [5, 5.41) is 10.1.